The second-order valence-corrected chi connectivity index (χ2v) is 4.50. The van der Waals surface area contributed by atoms with Gasteiger partial charge >= 0.3 is 0 Å². The van der Waals surface area contributed by atoms with Gasteiger partial charge in [0.1, 0.15) is 5.75 Å². The lowest BCUT2D eigenvalue weighted by Gasteiger charge is -2.23. The van der Waals surface area contributed by atoms with Crippen molar-refractivity contribution in [2.75, 3.05) is 19.8 Å². The summed E-state index contributed by atoms with van der Waals surface area (Å²) < 4.78 is 16.5. The first-order valence-electron chi connectivity index (χ1n) is 5.88. The first-order valence-corrected chi connectivity index (χ1v) is 6.25. The molecule has 1 fully saturated rings. The van der Waals surface area contributed by atoms with Crippen LogP contribution in [0.25, 0.3) is 0 Å². The van der Waals surface area contributed by atoms with E-state index in [2.05, 4.69) is 0 Å². The molecule has 3 nitrogen and oxygen atoms in total. The van der Waals surface area contributed by atoms with Crippen LogP contribution in [0.3, 0.4) is 0 Å². The van der Waals surface area contributed by atoms with Gasteiger partial charge < -0.3 is 14.2 Å². The van der Waals surface area contributed by atoms with Crippen molar-refractivity contribution in [3.63, 3.8) is 0 Å². The van der Waals surface area contributed by atoms with Crippen LogP contribution >= 0.6 is 11.6 Å². The number of aryl methyl sites for hydroxylation is 1. The maximum atomic E-state index is 6.06. The molecule has 0 spiro atoms. The van der Waals surface area contributed by atoms with E-state index in [1.165, 1.54) is 0 Å². The number of rotatable bonds is 4. The van der Waals surface area contributed by atoms with Crippen molar-refractivity contribution >= 4 is 11.6 Å². The Morgan fingerprint density at radius 3 is 2.82 bits per heavy atom. The molecule has 0 bridgehead atoms. The Kier molecular flexibility index (Phi) is 4.66. The smallest absolute Gasteiger partial charge is 0.160 e. The summed E-state index contributed by atoms with van der Waals surface area (Å²) in [6.07, 6.45) is 1.57. The molecule has 0 atom stereocenters. The van der Waals surface area contributed by atoms with Gasteiger partial charge in [0.2, 0.25) is 0 Å². The van der Waals surface area contributed by atoms with Crippen molar-refractivity contribution in [1.29, 1.82) is 0 Å². The highest BCUT2D eigenvalue weighted by Gasteiger charge is 2.14. The molecule has 0 radical (unpaired) electrons. The van der Waals surface area contributed by atoms with E-state index in [1.54, 1.807) is 0 Å². The van der Waals surface area contributed by atoms with Gasteiger partial charge in [-0.05, 0) is 31.0 Å². The third-order valence-corrected chi connectivity index (χ3v) is 2.89. The van der Waals surface area contributed by atoms with Crippen LogP contribution in [0.4, 0.5) is 0 Å². The summed E-state index contributed by atoms with van der Waals surface area (Å²) in [5.74, 6) is 0.716. The number of halogens is 1. The number of benzene rings is 1. The Morgan fingerprint density at radius 2 is 2.12 bits per heavy atom. The van der Waals surface area contributed by atoms with Crippen LogP contribution in [0.5, 0.6) is 5.75 Å². The third kappa shape index (κ3) is 3.87. The molecule has 0 aliphatic carbocycles. The quantitative estimate of drug-likeness (QED) is 0.828. The molecule has 17 heavy (non-hydrogen) atoms. The van der Waals surface area contributed by atoms with Gasteiger partial charge in [-0.15, -0.1) is 0 Å². The molecule has 2 rings (SSSR count). The first kappa shape index (κ1) is 12.7. The van der Waals surface area contributed by atoms with Crippen molar-refractivity contribution in [2.24, 2.45) is 0 Å². The van der Waals surface area contributed by atoms with E-state index in [9.17, 15) is 0 Å². The average molecular weight is 257 g/mol. The zero-order valence-corrected chi connectivity index (χ0v) is 10.7. The second kappa shape index (κ2) is 6.24. The largest absolute Gasteiger partial charge is 0.492 e. The molecule has 1 aliphatic rings. The van der Waals surface area contributed by atoms with E-state index in [4.69, 9.17) is 25.8 Å². The van der Waals surface area contributed by atoms with E-state index in [-0.39, 0.29) is 6.29 Å². The fourth-order valence-electron chi connectivity index (χ4n) is 1.69. The summed E-state index contributed by atoms with van der Waals surface area (Å²) in [7, 11) is 0. The molecular formula is C13H17ClO3. The minimum Gasteiger partial charge on any atom is -0.492 e. The first-order chi connectivity index (χ1) is 8.25. The molecular weight excluding hydrogens is 240 g/mol. The summed E-state index contributed by atoms with van der Waals surface area (Å²) in [4.78, 5) is 0. The van der Waals surface area contributed by atoms with Crippen LogP contribution in [-0.2, 0) is 9.47 Å². The zero-order valence-electron chi connectivity index (χ0n) is 9.95. The minimum atomic E-state index is -0.132. The van der Waals surface area contributed by atoms with Crippen LogP contribution < -0.4 is 4.74 Å². The Hall–Kier alpha value is -0.770. The van der Waals surface area contributed by atoms with Gasteiger partial charge in [-0.1, -0.05) is 17.7 Å². The van der Waals surface area contributed by atoms with E-state index >= 15 is 0 Å². The standard InChI is InChI=1S/C13H17ClO3/c1-10-3-4-12(11(14)9-10)15-8-5-13-16-6-2-7-17-13/h3-4,9,13H,2,5-8H2,1H3. The molecule has 1 heterocycles. The Balaban J connectivity index is 1.77. The molecule has 1 aromatic rings. The topological polar surface area (TPSA) is 27.7 Å². The molecule has 0 aromatic heterocycles. The lowest BCUT2D eigenvalue weighted by atomic mass is 10.2. The third-order valence-electron chi connectivity index (χ3n) is 2.59. The molecule has 4 heteroatoms. The van der Waals surface area contributed by atoms with E-state index in [0.717, 1.165) is 31.6 Å². The van der Waals surface area contributed by atoms with Crippen molar-refractivity contribution in [3.05, 3.63) is 28.8 Å². The highest BCUT2D eigenvalue weighted by molar-refractivity contribution is 6.32. The maximum absolute atomic E-state index is 6.06. The van der Waals surface area contributed by atoms with Crippen molar-refractivity contribution < 1.29 is 14.2 Å². The predicted molar refractivity (Wildman–Crippen MR) is 66.6 cm³/mol. The van der Waals surface area contributed by atoms with Crippen LogP contribution in [0.1, 0.15) is 18.4 Å². The number of hydrogen-bond acceptors (Lipinski definition) is 3. The summed E-state index contributed by atoms with van der Waals surface area (Å²) in [6, 6.07) is 5.76. The van der Waals surface area contributed by atoms with Crippen molar-refractivity contribution in [2.45, 2.75) is 26.1 Å². The second-order valence-electron chi connectivity index (χ2n) is 4.10. The van der Waals surface area contributed by atoms with E-state index in [1.807, 2.05) is 25.1 Å². The maximum Gasteiger partial charge on any atom is 0.160 e. The van der Waals surface area contributed by atoms with Gasteiger partial charge in [0.05, 0.1) is 24.8 Å². The molecule has 0 N–H and O–H groups in total. The Bertz CT molecular complexity index is 362. The fraction of sp³-hybridized carbons (Fsp3) is 0.538. The predicted octanol–water partition coefficient (Wildman–Crippen LogP) is 3.18. The van der Waals surface area contributed by atoms with Crippen LogP contribution in [0.15, 0.2) is 18.2 Å². The van der Waals surface area contributed by atoms with Crippen molar-refractivity contribution in [1.82, 2.24) is 0 Å². The Morgan fingerprint density at radius 1 is 1.35 bits per heavy atom. The monoisotopic (exact) mass is 256 g/mol. The zero-order chi connectivity index (χ0) is 12.1. The molecule has 1 aromatic carbocycles. The summed E-state index contributed by atoms with van der Waals surface area (Å²) in [6.45, 7) is 4.10. The molecule has 1 aliphatic heterocycles. The van der Waals surface area contributed by atoms with Gasteiger partial charge in [-0.2, -0.15) is 0 Å². The molecule has 0 unspecified atom stereocenters. The van der Waals surface area contributed by atoms with Gasteiger partial charge in [0.15, 0.2) is 6.29 Å². The lowest BCUT2D eigenvalue weighted by molar-refractivity contribution is -0.183. The van der Waals surface area contributed by atoms with Crippen LogP contribution in [0, 0.1) is 6.92 Å². The van der Waals surface area contributed by atoms with E-state index < -0.39 is 0 Å². The van der Waals surface area contributed by atoms with Crippen molar-refractivity contribution in [3.8, 4) is 5.75 Å². The summed E-state index contributed by atoms with van der Waals surface area (Å²) in [5.41, 5.74) is 1.13. The summed E-state index contributed by atoms with van der Waals surface area (Å²) in [5, 5.41) is 0.649. The molecule has 1 saturated heterocycles. The normalized spacial score (nSPS) is 17.1. The van der Waals surface area contributed by atoms with Gasteiger partial charge in [0, 0.05) is 6.42 Å². The minimum absolute atomic E-state index is 0.132. The van der Waals surface area contributed by atoms with Gasteiger partial charge in [0.25, 0.3) is 0 Å². The fourth-order valence-corrected chi connectivity index (χ4v) is 1.98. The highest BCUT2D eigenvalue weighted by atomic mass is 35.5. The molecule has 94 valence electrons. The number of ether oxygens (including phenoxy) is 3. The average Bonchev–Trinajstić information content (AvgIpc) is 2.33. The van der Waals surface area contributed by atoms with Gasteiger partial charge in [-0.25, -0.2) is 0 Å². The lowest BCUT2D eigenvalue weighted by Crippen LogP contribution is -2.26. The molecule has 0 amide bonds. The van der Waals surface area contributed by atoms with Crippen LogP contribution in [0.2, 0.25) is 5.02 Å². The highest BCUT2D eigenvalue weighted by Crippen LogP contribution is 2.25. The van der Waals surface area contributed by atoms with Gasteiger partial charge in [-0.3, -0.25) is 0 Å². The van der Waals surface area contributed by atoms with Crippen LogP contribution in [-0.4, -0.2) is 26.1 Å². The molecule has 0 saturated carbocycles. The SMILES string of the molecule is Cc1ccc(OCCC2OCCCO2)c(Cl)c1. The summed E-state index contributed by atoms with van der Waals surface area (Å²) >= 11 is 6.06. The van der Waals surface area contributed by atoms with E-state index in [0.29, 0.717) is 17.4 Å². The number of hydrogen-bond donors (Lipinski definition) is 0. The Labute approximate surface area is 107 Å².